The first-order valence-corrected chi connectivity index (χ1v) is 7.91. The smallest absolute Gasteiger partial charge is 0.412 e. The van der Waals surface area contributed by atoms with E-state index in [2.05, 4.69) is 11.9 Å². The largest absolute Gasteiger partial charge is 0.444 e. The van der Waals surface area contributed by atoms with Gasteiger partial charge in [0.1, 0.15) is 11.3 Å². The summed E-state index contributed by atoms with van der Waals surface area (Å²) in [6.07, 6.45) is 3.31. The van der Waals surface area contributed by atoms with Crippen LogP contribution in [0.4, 0.5) is 4.79 Å². The Morgan fingerprint density at radius 3 is 2.41 bits per heavy atom. The maximum Gasteiger partial charge on any atom is 0.412 e. The summed E-state index contributed by atoms with van der Waals surface area (Å²) in [5.74, 6) is 0.138. The third kappa shape index (κ3) is 5.72. The highest BCUT2D eigenvalue weighted by Crippen LogP contribution is 2.25. The number of aromatic amines is 1. The van der Waals surface area contributed by atoms with Gasteiger partial charge in [-0.15, -0.1) is 0 Å². The van der Waals surface area contributed by atoms with Gasteiger partial charge in [-0.1, -0.05) is 13.3 Å². The van der Waals surface area contributed by atoms with Crippen LogP contribution in [0.1, 0.15) is 66.0 Å². The van der Waals surface area contributed by atoms with E-state index in [1.807, 2.05) is 39.1 Å². The Kier molecular flexibility index (Phi) is 6.06. The fourth-order valence-electron chi connectivity index (χ4n) is 2.35. The van der Waals surface area contributed by atoms with Crippen LogP contribution in [0.15, 0.2) is 18.3 Å². The second-order valence-electron chi connectivity index (χ2n) is 7.20. The number of aliphatic hydroxyl groups is 1. The van der Waals surface area contributed by atoms with Crippen LogP contribution < -0.4 is 0 Å². The van der Waals surface area contributed by atoms with Crippen LogP contribution >= 0.6 is 0 Å². The van der Waals surface area contributed by atoms with E-state index in [1.165, 1.54) is 4.90 Å². The number of carbonyl (C=O) groups is 1. The molecule has 0 aliphatic rings. The quantitative estimate of drug-likeness (QED) is 0.784. The van der Waals surface area contributed by atoms with Gasteiger partial charge in [-0.05, 0) is 53.2 Å². The first-order chi connectivity index (χ1) is 10.0. The van der Waals surface area contributed by atoms with E-state index >= 15 is 0 Å². The van der Waals surface area contributed by atoms with E-state index < -0.39 is 17.4 Å². The van der Waals surface area contributed by atoms with Crippen molar-refractivity contribution >= 4 is 6.09 Å². The first kappa shape index (κ1) is 18.6. The van der Waals surface area contributed by atoms with Crippen molar-refractivity contribution < 1.29 is 14.6 Å². The fraction of sp³-hybridized carbons (Fsp3) is 0.706. The number of rotatable bonds is 6. The van der Waals surface area contributed by atoms with Crippen molar-refractivity contribution in [2.45, 2.75) is 71.6 Å². The minimum Gasteiger partial charge on any atom is -0.444 e. The Balaban J connectivity index is 2.94. The molecule has 5 heteroatoms. The predicted octanol–water partition coefficient (Wildman–Crippen LogP) is 3.86. The molecule has 0 radical (unpaired) electrons. The van der Waals surface area contributed by atoms with E-state index in [0.717, 1.165) is 18.5 Å². The Labute approximate surface area is 133 Å². The number of nitrogens with one attached hydrogen (secondary N) is 1. The van der Waals surface area contributed by atoms with Gasteiger partial charge in [0.15, 0.2) is 0 Å². The van der Waals surface area contributed by atoms with E-state index in [4.69, 9.17) is 4.74 Å². The normalized spacial score (nSPS) is 13.8. The Morgan fingerprint density at radius 2 is 2.00 bits per heavy atom. The van der Waals surface area contributed by atoms with Crippen LogP contribution in [0.3, 0.4) is 0 Å². The lowest BCUT2D eigenvalue weighted by molar-refractivity contribution is -0.0847. The molecule has 0 fully saturated rings. The summed E-state index contributed by atoms with van der Waals surface area (Å²) >= 11 is 0. The molecular weight excluding hydrogens is 280 g/mol. The third-order valence-electron chi connectivity index (χ3n) is 3.38. The molecule has 0 bridgehead atoms. The zero-order chi connectivity index (χ0) is 17.0. The van der Waals surface area contributed by atoms with Crippen molar-refractivity contribution in [1.29, 1.82) is 0 Å². The van der Waals surface area contributed by atoms with Crippen molar-refractivity contribution in [2.75, 3.05) is 6.54 Å². The summed E-state index contributed by atoms with van der Waals surface area (Å²) in [4.78, 5) is 17.1. The van der Waals surface area contributed by atoms with E-state index in [9.17, 15) is 9.90 Å². The Bertz CT molecular complexity index is 455. The average molecular weight is 310 g/mol. The van der Waals surface area contributed by atoms with Crippen molar-refractivity contribution in [3.8, 4) is 0 Å². The van der Waals surface area contributed by atoms with Crippen LogP contribution in [0.2, 0.25) is 0 Å². The van der Waals surface area contributed by atoms with Crippen LogP contribution in [0, 0.1) is 0 Å². The summed E-state index contributed by atoms with van der Waals surface area (Å²) in [5.41, 5.74) is -0.798. The monoisotopic (exact) mass is 310 g/mol. The summed E-state index contributed by atoms with van der Waals surface area (Å²) in [6, 6.07) is 3.96. The third-order valence-corrected chi connectivity index (χ3v) is 3.38. The zero-order valence-electron chi connectivity index (χ0n) is 14.6. The van der Waals surface area contributed by atoms with E-state index in [-0.39, 0.29) is 5.92 Å². The maximum absolute atomic E-state index is 12.4. The number of hydrogen-bond acceptors (Lipinski definition) is 3. The van der Waals surface area contributed by atoms with Gasteiger partial charge in [0, 0.05) is 24.4 Å². The van der Waals surface area contributed by atoms with Gasteiger partial charge in [0.25, 0.3) is 0 Å². The highest BCUT2D eigenvalue weighted by Gasteiger charge is 2.34. The predicted molar refractivity (Wildman–Crippen MR) is 87.7 cm³/mol. The molecule has 0 aliphatic carbocycles. The molecule has 0 spiro atoms. The number of amides is 1. The molecule has 1 aromatic heterocycles. The molecule has 1 heterocycles. The SMILES string of the molecule is CCC[C@@H](CN(C(=O)OC(C)(C)C)C(C)(C)O)c1ccc[nH]1. The summed E-state index contributed by atoms with van der Waals surface area (Å²) in [6.45, 7) is 11.2. The number of nitrogens with zero attached hydrogens (tertiary/aromatic N) is 1. The highest BCUT2D eigenvalue weighted by molar-refractivity contribution is 5.69. The Morgan fingerprint density at radius 1 is 1.36 bits per heavy atom. The number of H-pyrrole nitrogens is 1. The molecule has 0 aliphatic heterocycles. The van der Waals surface area contributed by atoms with Crippen molar-refractivity contribution in [3.63, 3.8) is 0 Å². The lowest BCUT2D eigenvalue weighted by Crippen LogP contribution is -2.51. The zero-order valence-corrected chi connectivity index (χ0v) is 14.6. The lowest BCUT2D eigenvalue weighted by Gasteiger charge is -2.37. The maximum atomic E-state index is 12.4. The minimum absolute atomic E-state index is 0.138. The van der Waals surface area contributed by atoms with Crippen molar-refractivity contribution in [1.82, 2.24) is 9.88 Å². The standard InChI is InChI=1S/C17H30N2O3/c1-7-9-13(14-10-8-11-18-14)12-19(17(5,6)21)15(20)22-16(2,3)4/h8,10-11,13,18,21H,7,9,12H2,1-6H3/t13-/m0/s1. The molecule has 1 atom stereocenters. The van der Waals surface area contributed by atoms with Gasteiger partial charge in [-0.25, -0.2) is 4.79 Å². The van der Waals surface area contributed by atoms with Crippen LogP contribution in [-0.4, -0.2) is 39.0 Å². The van der Waals surface area contributed by atoms with Gasteiger partial charge < -0.3 is 14.8 Å². The van der Waals surface area contributed by atoms with Crippen molar-refractivity contribution in [3.05, 3.63) is 24.0 Å². The molecule has 0 aromatic carbocycles. The molecule has 0 saturated carbocycles. The summed E-state index contributed by atoms with van der Waals surface area (Å²) < 4.78 is 5.44. The molecule has 22 heavy (non-hydrogen) atoms. The topological polar surface area (TPSA) is 65.6 Å². The van der Waals surface area contributed by atoms with Crippen LogP contribution in [0.5, 0.6) is 0 Å². The molecule has 126 valence electrons. The van der Waals surface area contributed by atoms with Gasteiger partial charge >= 0.3 is 6.09 Å². The average Bonchev–Trinajstić information content (AvgIpc) is 2.83. The second-order valence-corrected chi connectivity index (χ2v) is 7.20. The van der Waals surface area contributed by atoms with Crippen LogP contribution in [0.25, 0.3) is 0 Å². The molecule has 5 nitrogen and oxygen atoms in total. The van der Waals surface area contributed by atoms with Gasteiger partial charge in [0.2, 0.25) is 0 Å². The summed E-state index contributed by atoms with van der Waals surface area (Å²) in [7, 11) is 0. The summed E-state index contributed by atoms with van der Waals surface area (Å²) in [5, 5.41) is 10.4. The lowest BCUT2D eigenvalue weighted by atomic mass is 9.98. The second kappa shape index (κ2) is 7.18. The highest BCUT2D eigenvalue weighted by atomic mass is 16.6. The van der Waals surface area contributed by atoms with Gasteiger partial charge in [0.05, 0.1) is 0 Å². The molecule has 1 amide bonds. The van der Waals surface area contributed by atoms with Gasteiger partial charge in [-0.2, -0.15) is 0 Å². The fourth-order valence-corrected chi connectivity index (χ4v) is 2.35. The number of carbonyl (C=O) groups excluding carboxylic acids is 1. The Hall–Kier alpha value is -1.49. The molecule has 0 saturated heterocycles. The van der Waals surface area contributed by atoms with E-state index in [0.29, 0.717) is 6.54 Å². The first-order valence-electron chi connectivity index (χ1n) is 7.91. The molecule has 1 aromatic rings. The molecule has 2 N–H and O–H groups in total. The molecular formula is C17H30N2O3. The minimum atomic E-state index is -1.28. The van der Waals surface area contributed by atoms with Crippen LogP contribution in [-0.2, 0) is 4.74 Å². The number of aromatic nitrogens is 1. The molecule has 1 rings (SSSR count). The molecule has 0 unspecified atom stereocenters. The van der Waals surface area contributed by atoms with Gasteiger partial charge in [-0.3, -0.25) is 4.90 Å². The van der Waals surface area contributed by atoms with E-state index in [1.54, 1.807) is 13.8 Å². The number of ether oxygens (including phenoxy) is 1. The number of hydrogen-bond donors (Lipinski definition) is 2. The van der Waals surface area contributed by atoms with Crippen molar-refractivity contribution in [2.24, 2.45) is 0 Å².